The Bertz CT molecular complexity index is 897. The van der Waals surface area contributed by atoms with Gasteiger partial charge in [0.1, 0.15) is 6.04 Å². The molecule has 1 heterocycles. The predicted molar refractivity (Wildman–Crippen MR) is 120 cm³/mol. The van der Waals surface area contributed by atoms with E-state index >= 15 is 0 Å². The molecule has 7 nitrogen and oxygen atoms in total. The quantitative estimate of drug-likeness (QED) is 0.529. The molecule has 1 saturated heterocycles. The van der Waals surface area contributed by atoms with Crippen LogP contribution in [0.5, 0.6) is 0 Å². The number of amides is 2. The van der Waals surface area contributed by atoms with Crippen molar-refractivity contribution >= 4 is 35.1 Å². The molecule has 1 atom stereocenters. The fraction of sp³-hybridized carbons (Fsp3) is 0.304. The van der Waals surface area contributed by atoms with Crippen LogP contribution in [0.25, 0.3) is 0 Å². The van der Waals surface area contributed by atoms with E-state index in [1.807, 2.05) is 60.7 Å². The molecule has 2 N–H and O–H groups in total. The molecule has 1 fully saturated rings. The lowest BCUT2D eigenvalue weighted by Crippen LogP contribution is -2.60. The molecule has 2 amide bonds. The standard InChI is InChI=1S/C23H25N3O4S/c1-2-30-19(27)15-18-21(28)24-13-14-26(18)23(31)25-22(29)20(16-9-5-3-6-10-16)17-11-7-4-8-12-17/h3-12,18,20H,2,13-15H2,1H3,(H,24,28)(H,25,29,31). The molecule has 1 aliphatic heterocycles. The van der Waals surface area contributed by atoms with Crippen molar-refractivity contribution in [1.29, 1.82) is 0 Å². The minimum absolute atomic E-state index is 0.117. The number of ether oxygens (including phenoxy) is 1. The SMILES string of the molecule is CCOC(=O)CC1C(=O)NCCN1C(=S)NC(=O)C(c1ccccc1)c1ccccc1. The summed E-state index contributed by atoms with van der Waals surface area (Å²) in [5.74, 6) is -1.68. The number of esters is 1. The lowest BCUT2D eigenvalue weighted by atomic mass is 9.90. The molecule has 3 rings (SSSR count). The van der Waals surface area contributed by atoms with Gasteiger partial charge < -0.3 is 20.3 Å². The van der Waals surface area contributed by atoms with Crippen molar-refractivity contribution in [1.82, 2.24) is 15.5 Å². The van der Waals surface area contributed by atoms with Crippen LogP contribution in [0, 0.1) is 0 Å². The predicted octanol–water partition coefficient (Wildman–Crippen LogP) is 1.97. The van der Waals surface area contributed by atoms with E-state index in [0.717, 1.165) is 11.1 Å². The maximum Gasteiger partial charge on any atom is 0.308 e. The van der Waals surface area contributed by atoms with E-state index in [2.05, 4.69) is 10.6 Å². The van der Waals surface area contributed by atoms with Crippen LogP contribution in [0.2, 0.25) is 0 Å². The average Bonchev–Trinajstić information content (AvgIpc) is 2.77. The Morgan fingerprint density at radius 1 is 1.13 bits per heavy atom. The molecule has 0 aliphatic carbocycles. The number of thiocarbonyl (C=S) groups is 1. The summed E-state index contributed by atoms with van der Waals surface area (Å²) in [6, 6.07) is 18.0. The number of hydrogen-bond donors (Lipinski definition) is 2. The summed E-state index contributed by atoms with van der Waals surface area (Å²) >= 11 is 5.48. The third kappa shape index (κ3) is 5.67. The van der Waals surface area contributed by atoms with E-state index in [4.69, 9.17) is 17.0 Å². The summed E-state index contributed by atoms with van der Waals surface area (Å²) in [6.45, 7) is 2.68. The van der Waals surface area contributed by atoms with Crippen LogP contribution < -0.4 is 10.6 Å². The van der Waals surface area contributed by atoms with Gasteiger partial charge in [-0.2, -0.15) is 0 Å². The molecule has 31 heavy (non-hydrogen) atoms. The van der Waals surface area contributed by atoms with E-state index in [1.54, 1.807) is 11.8 Å². The second-order valence-electron chi connectivity index (χ2n) is 7.06. The second-order valence-corrected chi connectivity index (χ2v) is 7.44. The first kappa shape index (κ1) is 22.4. The molecule has 1 aliphatic rings. The summed E-state index contributed by atoms with van der Waals surface area (Å²) < 4.78 is 4.98. The van der Waals surface area contributed by atoms with Gasteiger partial charge in [0.25, 0.3) is 0 Å². The maximum atomic E-state index is 13.3. The van der Waals surface area contributed by atoms with Gasteiger partial charge in [-0.15, -0.1) is 0 Å². The fourth-order valence-electron chi connectivity index (χ4n) is 3.57. The molecule has 8 heteroatoms. The van der Waals surface area contributed by atoms with E-state index in [9.17, 15) is 14.4 Å². The Morgan fingerprint density at radius 3 is 2.26 bits per heavy atom. The largest absolute Gasteiger partial charge is 0.466 e. The monoisotopic (exact) mass is 439 g/mol. The Labute approximate surface area is 186 Å². The average molecular weight is 440 g/mol. The highest BCUT2D eigenvalue weighted by molar-refractivity contribution is 7.80. The zero-order valence-electron chi connectivity index (χ0n) is 17.2. The van der Waals surface area contributed by atoms with Gasteiger partial charge in [-0.05, 0) is 30.3 Å². The lowest BCUT2D eigenvalue weighted by Gasteiger charge is -2.36. The van der Waals surface area contributed by atoms with E-state index in [0.29, 0.717) is 13.1 Å². The molecule has 162 valence electrons. The summed E-state index contributed by atoms with van der Waals surface area (Å²) in [6.07, 6.45) is -0.142. The Balaban J connectivity index is 1.80. The van der Waals surface area contributed by atoms with Crippen LogP contribution >= 0.6 is 12.2 Å². The molecule has 2 aromatic carbocycles. The van der Waals surface area contributed by atoms with Gasteiger partial charge in [-0.3, -0.25) is 14.4 Å². The third-order valence-corrected chi connectivity index (χ3v) is 5.35. The first-order valence-corrected chi connectivity index (χ1v) is 10.6. The van der Waals surface area contributed by atoms with Gasteiger partial charge >= 0.3 is 5.97 Å². The van der Waals surface area contributed by atoms with Gasteiger partial charge in [0.2, 0.25) is 11.8 Å². The molecule has 0 bridgehead atoms. The summed E-state index contributed by atoms with van der Waals surface area (Å²) in [5, 5.41) is 5.64. The molecule has 0 saturated carbocycles. The van der Waals surface area contributed by atoms with E-state index < -0.39 is 17.9 Å². The van der Waals surface area contributed by atoms with Crippen molar-refractivity contribution in [3.8, 4) is 0 Å². The Kier molecular flexibility index (Phi) is 7.72. The number of rotatable bonds is 6. The van der Waals surface area contributed by atoms with Crippen molar-refractivity contribution in [3.63, 3.8) is 0 Å². The number of nitrogens with zero attached hydrogens (tertiary/aromatic N) is 1. The van der Waals surface area contributed by atoms with Crippen molar-refractivity contribution in [2.24, 2.45) is 0 Å². The molecule has 0 spiro atoms. The number of nitrogens with one attached hydrogen (secondary N) is 2. The highest BCUT2D eigenvalue weighted by atomic mass is 32.1. The fourth-order valence-corrected chi connectivity index (χ4v) is 3.89. The zero-order valence-corrected chi connectivity index (χ0v) is 18.1. The van der Waals surface area contributed by atoms with Crippen LogP contribution in [0.15, 0.2) is 60.7 Å². The molecule has 0 radical (unpaired) electrons. The minimum Gasteiger partial charge on any atom is -0.466 e. The van der Waals surface area contributed by atoms with E-state index in [1.165, 1.54) is 0 Å². The molecule has 0 aromatic heterocycles. The summed E-state index contributed by atoms with van der Waals surface area (Å²) in [7, 11) is 0. The number of carbonyl (C=O) groups is 3. The summed E-state index contributed by atoms with van der Waals surface area (Å²) in [4.78, 5) is 39.2. The van der Waals surface area contributed by atoms with Crippen LogP contribution in [-0.4, -0.2) is 53.5 Å². The van der Waals surface area contributed by atoms with Crippen LogP contribution in [0.4, 0.5) is 0 Å². The van der Waals surface area contributed by atoms with Gasteiger partial charge in [0.05, 0.1) is 18.9 Å². The zero-order chi connectivity index (χ0) is 22.2. The van der Waals surface area contributed by atoms with Crippen LogP contribution in [0.1, 0.15) is 30.4 Å². The number of benzene rings is 2. The summed E-state index contributed by atoms with van der Waals surface area (Å²) in [5.41, 5.74) is 1.65. The first-order valence-electron chi connectivity index (χ1n) is 10.2. The first-order chi connectivity index (χ1) is 15.0. The van der Waals surface area contributed by atoms with Gasteiger partial charge in [0.15, 0.2) is 5.11 Å². The van der Waals surface area contributed by atoms with Crippen LogP contribution in [-0.2, 0) is 19.1 Å². The van der Waals surface area contributed by atoms with E-state index in [-0.39, 0.29) is 30.0 Å². The van der Waals surface area contributed by atoms with Gasteiger partial charge in [-0.25, -0.2) is 0 Å². The smallest absolute Gasteiger partial charge is 0.308 e. The number of carbonyl (C=O) groups excluding carboxylic acids is 3. The van der Waals surface area contributed by atoms with Crippen molar-refractivity contribution in [3.05, 3.63) is 71.8 Å². The molecular weight excluding hydrogens is 414 g/mol. The lowest BCUT2D eigenvalue weighted by molar-refractivity contribution is -0.147. The highest BCUT2D eigenvalue weighted by Gasteiger charge is 2.35. The van der Waals surface area contributed by atoms with Crippen LogP contribution in [0.3, 0.4) is 0 Å². The normalized spacial score (nSPS) is 15.9. The second kappa shape index (κ2) is 10.7. The van der Waals surface area contributed by atoms with Crippen molar-refractivity contribution in [2.75, 3.05) is 19.7 Å². The number of hydrogen-bond acceptors (Lipinski definition) is 5. The third-order valence-electron chi connectivity index (χ3n) is 5.02. The molecular formula is C23H25N3O4S. The van der Waals surface area contributed by atoms with Crippen molar-refractivity contribution < 1.29 is 19.1 Å². The van der Waals surface area contributed by atoms with Crippen molar-refractivity contribution in [2.45, 2.75) is 25.3 Å². The Hall–Kier alpha value is -3.26. The number of piperazine rings is 1. The topological polar surface area (TPSA) is 87.7 Å². The van der Waals surface area contributed by atoms with Gasteiger partial charge in [-0.1, -0.05) is 60.7 Å². The molecule has 1 unspecified atom stereocenters. The van der Waals surface area contributed by atoms with Gasteiger partial charge in [0, 0.05) is 13.1 Å². The highest BCUT2D eigenvalue weighted by Crippen LogP contribution is 2.25. The maximum absolute atomic E-state index is 13.3. The molecule has 2 aromatic rings. The minimum atomic E-state index is -0.826. The Morgan fingerprint density at radius 2 is 1.71 bits per heavy atom.